The molecule has 0 saturated heterocycles. The van der Waals surface area contributed by atoms with E-state index in [-0.39, 0.29) is 5.41 Å². The lowest BCUT2D eigenvalue weighted by Crippen LogP contribution is -2.16. The van der Waals surface area contributed by atoms with Crippen molar-refractivity contribution < 1.29 is 0 Å². The summed E-state index contributed by atoms with van der Waals surface area (Å²) in [4.78, 5) is 0. The predicted molar refractivity (Wildman–Crippen MR) is 245 cm³/mol. The predicted octanol–water partition coefficient (Wildman–Crippen LogP) is 15.9. The topological polar surface area (TPSA) is 0 Å². The van der Waals surface area contributed by atoms with Crippen LogP contribution in [0.25, 0.3) is 91.1 Å². The fraction of sp³-hybridized carbons (Fsp3) is 0.0909. The van der Waals surface area contributed by atoms with Gasteiger partial charge in [-0.3, -0.25) is 0 Å². The van der Waals surface area contributed by atoms with E-state index in [0.717, 1.165) is 6.42 Å². The van der Waals surface area contributed by atoms with Crippen molar-refractivity contribution in [1.29, 1.82) is 0 Å². The Kier molecular flexibility index (Phi) is 7.46. The molecule has 1 aliphatic rings. The molecule has 0 amide bonds. The Morgan fingerprint density at radius 1 is 0.554 bits per heavy atom. The van der Waals surface area contributed by atoms with Gasteiger partial charge in [-0.15, -0.1) is 11.3 Å². The third-order valence-corrected chi connectivity index (χ3v) is 13.7. The van der Waals surface area contributed by atoms with Crippen molar-refractivity contribution in [2.75, 3.05) is 0 Å². The molecular formula is C55H40S. The highest BCUT2D eigenvalue weighted by Gasteiger charge is 2.37. The van der Waals surface area contributed by atoms with E-state index in [9.17, 15) is 0 Å². The lowest BCUT2D eigenvalue weighted by Gasteiger charge is -2.24. The highest BCUT2D eigenvalue weighted by molar-refractivity contribution is 7.26. The SMILES string of the molecule is C/C=C(\C=C1/Cc2ccc3ccc4c5ccccc5sc4c3c2C1(C)C)c1cccc(-c2c3ccccc3c(-c3cccc4ccccc34)c3ccccc23)c1. The Labute approximate surface area is 331 Å². The molecule has 0 nitrogen and oxygen atoms in total. The van der Waals surface area contributed by atoms with Gasteiger partial charge in [-0.1, -0.05) is 183 Å². The van der Waals surface area contributed by atoms with Gasteiger partial charge < -0.3 is 0 Å². The summed E-state index contributed by atoms with van der Waals surface area (Å²) < 4.78 is 2.78. The van der Waals surface area contributed by atoms with E-state index in [2.05, 4.69) is 197 Å². The first-order chi connectivity index (χ1) is 27.5. The van der Waals surface area contributed by atoms with Gasteiger partial charge in [-0.05, 0) is 108 Å². The highest BCUT2D eigenvalue weighted by Crippen LogP contribution is 2.51. The minimum atomic E-state index is -0.116. The zero-order valence-electron chi connectivity index (χ0n) is 31.9. The maximum atomic E-state index is 2.50. The monoisotopic (exact) mass is 732 g/mol. The first-order valence-corrected chi connectivity index (χ1v) is 20.6. The third-order valence-electron chi connectivity index (χ3n) is 12.5. The van der Waals surface area contributed by atoms with Crippen LogP contribution in [0.15, 0.2) is 182 Å². The van der Waals surface area contributed by atoms with Crippen LogP contribution in [0.2, 0.25) is 0 Å². The molecule has 0 radical (unpaired) electrons. The summed E-state index contributed by atoms with van der Waals surface area (Å²) in [6, 6.07) is 61.0. The molecule has 0 N–H and O–H groups in total. The first kappa shape index (κ1) is 33.1. The standard InChI is InChI=1S/C55H40S/c1-4-34(32-40-33-39-28-27-36-29-30-48-42-20-11-12-26-49(42)56-54(48)51(36)53(39)55(40,2)3)37-17-13-18-38(31-37)50-44-21-7-9-23-46(44)52(47-24-10-8-22-45(47)50)43-25-14-16-35-15-5-6-19-41(35)43/h4-32H,33H2,1-3H3/b34-4+,40-32+. The molecule has 0 unspecified atom stereocenters. The molecule has 1 aromatic heterocycles. The van der Waals surface area contributed by atoms with Crippen LogP contribution in [0, 0.1) is 0 Å². The largest absolute Gasteiger partial charge is 0.135 e. The zero-order valence-corrected chi connectivity index (χ0v) is 32.7. The summed E-state index contributed by atoms with van der Waals surface area (Å²) in [5.74, 6) is 0. The lowest BCUT2D eigenvalue weighted by atomic mass is 9.79. The van der Waals surface area contributed by atoms with Crippen LogP contribution in [0.1, 0.15) is 37.5 Å². The quantitative estimate of drug-likeness (QED) is 0.158. The molecule has 11 rings (SSSR count). The molecular weight excluding hydrogens is 693 g/mol. The minimum absolute atomic E-state index is 0.116. The van der Waals surface area contributed by atoms with Crippen molar-refractivity contribution in [3.05, 3.63) is 198 Å². The Balaban J connectivity index is 1.06. The maximum absolute atomic E-state index is 2.50. The molecule has 56 heavy (non-hydrogen) atoms. The number of allylic oxidation sites excluding steroid dienone is 4. The average molecular weight is 733 g/mol. The lowest BCUT2D eigenvalue weighted by molar-refractivity contribution is 0.650. The molecule has 0 aliphatic heterocycles. The summed E-state index contributed by atoms with van der Waals surface area (Å²) in [6.07, 6.45) is 5.75. The average Bonchev–Trinajstić information content (AvgIpc) is 3.75. The molecule has 0 atom stereocenters. The van der Waals surface area contributed by atoms with E-state index in [1.807, 2.05) is 11.3 Å². The second kappa shape index (κ2) is 12.6. The van der Waals surface area contributed by atoms with Crippen molar-refractivity contribution in [2.24, 2.45) is 0 Å². The van der Waals surface area contributed by atoms with Crippen molar-refractivity contribution in [3.63, 3.8) is 0 Å². The van der Waals surface area contributed by atoms with Gasteiger partial charge in [0.1, 0.15) is 0 Å². The molecule has 9 aromatic carbocycles. The fourth-order valence-corrected chi connectivity index (χ4v) is 11.1. The number of benzene rings is 9. The van der Waals surface area contributed by atoms with Gasteiger partial charge in [0.15, 0.2) is 0 Å². The molecule has 1 heteroatoms. The van der Waals surface area contributed by atoms with E-state index in [0.29, 0.717) is 0 Å². The van der Waals surface area contributed by atoms with Crippen molar-refractivity contribution in [3.8, 4) is 22.3 Å². The first-order valence-electron chi connectivity index (χ1n) is 19.8. The van der Waals surface area contributed by atoms with E-state index in [4.69, 9.17) is 0 Å². The van der Waals surface area contributed by atoms with Gasteiger partial charge >= 0.3 is 0 Å². The van der Waals surface area contributed by atoms with Crippen LogP contribution in [0.3, 0.4) is 0 Å². The van der Waals surface area contributed by atoms with Crippen LogP contribution >= 0.6 is 11.3 Å². The minimum Gasteiger partial charge on any atom is -0.135 e. The molecule has 266 valence electrons. The van der Waals surface area contributed by atoms with E-state index >= 15 is 0 Å². The number of hydrogen-bond donors (Lipinski definition) is 0. The molecule has 1 heterocycles. The van der Waals surface area contributed by atoms with E-state index in [1.54, 1.807) is 0 Å². The normalized spacial score (nSPS) is 14.9. The van der Waals surface area contributed by atoms with Gasteiger partial charge in [0, 0.05) is 31.0 Å². The van der Waals surface area contributed by atoms with Crippen molar-refractivity contribution in [2.45, 2.75) is 32.6 Å². The van der Waals surface area contributed by atoms with Crippen LogP contribution < -0.4 is 0 Å². The summed E-state index contributed by atoms with van der Waals surface area (Å²) in [6.45, 7) is 7.07. The van der Waals surface area contributed by atoms with E-state index < -0.39 is 0 Å². The smallest absolute Gasteiger partial charge is 0.0437 e. The highest BCUT2D eigenvalue weighted by atomic mass is 32.1. The molecule has 0 spiro atoms. The van der Waals surface area contributed by atoms with Gasteiger partial charge in [0.2, 0.25) is 0 Å². The van der Waals surface area contributed by atoms with Gasteiger partial charge in [0.05, 0.1) is 0 Å². The Morgan fingerprint density at radius 2 is 1.18 bits per heavy atom. The van der Waals surface area contributed by atoms with Gasteiger partial charge in [0.25, 0.3) is 0 Å². The van der Waals surface area contributed by atoms with Gasteiger partial charge in [-0.2, -0.15) is 0 Å². The molecule has 10 aromatic rings. The second-order valence-corrected chi connectivity index (χ2v) is 17.0. The molecule has 1 aliphatic carbocycles. The number of rotatable bonds is 4. The molecule has 0 fully saturated rings. The Morgan fingerprint density at radius 3 is 1.93 bits per heavy atom. The third kappa shape index (κ3) is 4.91. The number of fused-ring (bicyclic) bond motifs is 10. The fourth-order valence-electron chi connectivity index (χ4n) is 9.86. The summed E-state index contributed by atoms with van der Waals surface area (Å²) in [7, 11) is 0. The Bertz CT molecular complexity index is 3250. The van der Waals surface area contributed by atoms with Gasteiger partial charge in [-0.25, -0.2) is 0 Å². The number of hydrogen-bond acceptors (Lipinski definition) is 1. The van der Waals surface area contributed by atoms with Crippen LogP contribution in [0.5, 0.6) is 0 Å². The van der Waals surface area contributed by atoms with Crippen molar-refractivity contribution in [1.82, 2.24) is 0 Å². The van der Waals surface area contributed by atoms with E-state index in [1.165, 1.54) is 113 Å². The number of thiophene rings is 1. The summed E-state index contributed by atoms with van der Waals surface area (Å²) in [5, 5.41) is 13.2. The maximum Gasteiger partial charge on any atom is 0.0437 e. The Hall–Kier alpha value is -6.28. The summed E-state index contributed by atoms with van der Waals surface area (Å²) in [5.41, 5.74) is 11.9. The zero-order chi connectivity index (χ0) is 37.5. The van der Waals surface area contributed by atoms with Crippen LogP contribution in [-0.4, -0.2) is 0 Å². The molecule has 0 bridgehead atoms. The van der Waals surface area contributed by atoms with Crippen LogP contribution in [-0.2, 0) is 11.8 Å². The van der Waals surface area contributed by atoms with Crippen molar-refractivity contribution >= 4 is 80.2 Å². The summed E-state index contributed by atoms with van der Waals surface area (Å²) >= 11 is 1.94. The second-order valence-electron chi connectivity index (χ2n) is 15.9. The molecule has 0 saturated carbocycles. The van der Waals surface area contributed by atoms with Crippen LogP contribution in [0.4, 0.5) is 0 Å².